The van der Waals surface area contributed by atoms with Crippen molar-refractivity contribution in [2.24, 2.45) is 0 Å². The largest absolute Gasteiger partial charge is 0.494 e. The monoisotopic (exact) mass is 243 g/mol. The number of aliphatic hydroxyl groups is 1. The summed E-state index contributed by atoms with van der Waals surface area (Å²) in [6.07, 6.45) is 0. The Labute approximate surface area is 97.8 Å². The second-order valence-electron chi connectivity index (χ2n) is 3.78. The number of aliphatic carboxylic acids is 1. The lowest BCUT2D eigenvalue weighted by Crippen LogP contribution is -2.41. The molecule has 0 bridgehead atoms. The van der Waals surface area contributed by atoms with Crippen LogP contribution in [0.2, 0.25) is 0 Å². The normalized spacial score (nSPS) is 13.9. The molecule has 6 heteroatoms. The van der Waals surface area contributed by atoms with Gasteiger partial charge in [0, 0.05) is 11.8 Å². The minimum atomic E-state index is -1.89. The lowest BCUT2D eigenvalue weighted by atomic mass is 10.1. The van der Waals surface area contributed by atoms with Crippen molar-refractivity contribution in [1.82, 2.24) is 0 Å². The Kier molecular flexibility index (Phi) is 3.90. The van der Waals surface area contributed by atoms with Gasteiger partial charge in [-0.25, -0.2) is 9.18 Å². The maximum Gasteiger partial charge on any atom is 0.337 e. The number of hydrogen-bond acceptors (Lipinski definition) is 4. The average Bonchev–Trinajstić information content (AvgIpc) is 2.28. The minimum Gasteiger partial charge on any atom is -0.494 e. The zero-order valence-corrected chi connectivity index (χ0v) is 9.53. The first-order valence-corrected chi connectivity index (χ1v) is 4.90. The van der Waals surface area contributed by atoms with E-state index in [9.17, 15) is 14.3 Å². The van der Waals surface area contributed by atoms with Crippen LogP contribution < -0.4 is 10.1 Å². The van der Waals surface area contributed by atoms with Gasteiger partial charge in [0.15, 0.2) is 17.2 Å². The fourth-order valence-electron chi connectivity index (χ4n) is 1.12. The second-order valence-corrected chi connectivity index (χ2v) is 3.78. The van der Waals surface area contributed by atoms with Crippen LogP contribution in [0.25, 0.3) is 0 Å². The number of methoxy groups -OCH3 is 1. The molecule has 1 unspecified atom stereocenters. The van der Waals surface area contributed by atoms with Gasteiger partial charge in [-0.3, -0.25) is 0 Å². The molecule has 1 atom stereocenters. The Morgan fingerprint density at radius 3 is 2.76 bits per heavy atom. The van der Waals surface area contributed by atoms with Crippen LogP contribution >= 0.6 is 0 Å². The highest BCUT2D eigenvalue weighted by molar-refractivity contribution is 5.77. The molecule has 0 saturated carbocycles. The number of nitrogens with one attached hydrogen (secondary N) is 1. The molecule has 0 amide bonds. The zero-order valence-electron chi connectivity index (χ0n) is 9.53. The fraction of sp³-hybridized carbons (Fsp3) is 0.364. The number of carboxylic acids is 1. The lowest BCUT2D eigenvalue weighted by Gasteiger charge is -2.19. The van der Waals surface area contributed by atoms with Crippen molar-refractivity contribution >= 4 is 11.7 Å². The fourth-order valence-corrected chi connectivity index (χ4v) is 1.12. The molecular formula is C11H14FNO4. The third-order valence-corrected chi connectivity index (χ3v) is 2.25. The molecule has 94 valence electrons. The van der Waals surface area contributed by atoms with Gasteiger partial charge in [-0.15, -0.1) is 0 Å². The van der Waals surface area contributed by atoms with Gasteiger partial charge in [0.1, 0.15) is 0 Å². The van der Waals surface area contributed by atoms with Gasteiger partial charge in [-0.2, -0.15) is 0 Å². The Bertz CT molecular complexity index is 420. The number of hydrogen-bond donors (Lipinski definition) is 3. The van der Waals surface area contributed by atoms with E-state index in [-0.39, 0.29) is 12.3 Å². The van der Waals surface area contributed by atoms with E-state index in [1.165, 1.54) is 32.2 Å². The molecule has 0 aliphatic heterocycles. The van der Waals surface area contributed by atoms with Gasteiger partial charge >= 0.3 is 5.97 Å². The van der Waals surface area contributed by atoms with Gasteiger partial charge in [-0.05, 0) is 19.1 Å². The van der Waals surface area contributed by atoms with Crippen molar-refractivity contribution in [3.63, 3.8) is 0 Å². The van der Waals surface area contributed by atoms with Crippen molar-refractivity contribution in [2.75, 3.05) is 19.0 Å². The van der Waals surface area contributed by atoms with E-state index in [4.69, 9.17) is 9.84 Å². The number of rotatable bonds is 5. The topological polar surface area (TPSA) is 78.8 Å². The van der Waals surface area contributed by atoms with E-state index < -0.39 is 17.4 Å². The number of carbonyl (C=O) groups is 1. The van der Waals surface area contributed by atoms with Crippen LogP contribution in [0.3, 0.4) is 0 Å². The molecule has 0 fully saturated rings. The molecule has 1 aromatic rings. The molecule has 0 saturated heterocycles. The lowest BCUT2D eigenvalue weighted by molar-refractivity contribution is -0.155. The zero-order chi connectivity index (χ0) is 13.1. The molecule has 0 heterocycles. The summed E-state index contributed by atoms with van der Waals surface area (Å²) in [6.45, 7) is 0.972. The van der Waals surface area contributed by atoms with Gasteiger partial charge in [-0.1, -0.05) is 0 Å². The van der Waals surface area contributed by atoms with E-state index in [0.29, 0.717) is 5.69 Å². The molecule has 1 rings (SSSR count). The standard InChI is InChI=1S/C11H14FNO4/c1-11(16,10(14)15)6-13-7-3-4-8(12)9(5-7)17-2/h3-5,13,16H,6H2,1-2H3,(H,14,15). The summed E-state index contributed by atoms with van der Waals surface area (Å²) >= 11 is 0. The number of anilines is 1. The quantitative estimate of drug-likeness (QED) is 0.721. The maximum absolute atomic E-state index is 13.1. The van der Waals surface area contributed by atoms with Crippen LogP contribution in [0, 0.1) is 5.82 Å². The number of carboxylic acid groups (broad SMARTS) is 1. The van der Waals surface area contributed by atoms with Crippen molar-refractivity contribution in [2.45, 2.75) is 12.5 Å². The van der Waals surface area contributed by atoms with Gasteiger partial charge in [0.25, 0.3) is 0 Å². The van der Waals surface area contributed by atoms with Crippen LogP contribution in [0.1, 0.15) is 6.92 Å². The van der Waals surface area contributed by atoms with E-state index in [1.54, 1.807) is 0 Å². The van der Waals surface area contributed by atoms with Gasteiger partial charge in [0.2, 0.25) is 0 Å². The summed E-state index contributed by atoms with van der Waals surface area (Å²) in [5, 5.41) is 20.8. The molecule has 3 N–H and O–H groups in total. The molecule has 0 aliphatic rings. The first-order valence-electron chi connectivity index (χ1n) is 4.90. The summed E-state index contributed by atoms with van der Waals surface area (Å²) in [7, 11) is 1.33. The second kappa shape index (κ2) is 5.01. The summed E-state index contributed by atoms with van der Waals surface area (Å²) in [5.74, 6) is -1.80. The van der Waals surface area contributed by atoms with Crippen LogP contribution in [0.5, 0.6) is 5.75 Å². The average molecular weight is 243 g/mol. The van der Waals surface area contributed by atoms with E-state index in [1.807, 2.05) is 0 Å². The van der Waals surface area contributed by atoms with Crippen LogP contribution in [0.15, 0.2) is 18.2 Å². The molecule has 17 heavy (non-hydrogen) atoms. The molecule has 1 aromatic carbocycles. The third-order valence-electron chi connectivity index (χ3n) is 2.25. The first kappa shape index (κ1) is 13.2. The van der Waals surface area contributed by atoms with Crippen LogP contribution in [-0.2, 0) is 4.79 Å². The number of halogens is 1. The summed E-state index contributed by atoms with van der Waals surface area (Å²) in [5.41, 5.74) is -1.42. The first-order chi connectivity index (χ1) is 7.86. The summed E-state index contributed by atoms with van der Waals surface area (Å²) in [6, 6.07) is 4.00. The molecule has 5 nitrogen and oxygen atoms in total. The predicted octanol–water partition coefficient (Wildman–Crippen LogP) is 1.08. The predicted molar refractivity (Wildman–Crippen MR) is 59.7 cm³/mol. The third kappa shape index (κ3) is 3.32. The number of ether oxygens (including phenoxy) is 1. The van der Waals surface area contributed by atoms with E-state index in [2.05, 4.69) is 5.32 Å². The molecular weight excluding hydrogens is 229 g/mol. The van der Waals surface area contributed by atoms with E-state index in [0.717, 1.165) is 0 Å². The Morgan fingerprint density at radius 1 is 1.59 bits per heavy atom. The van der Waals surface area contributed by atoms with E-state index >= 15 is 0 Å². The molecule has 0 radical (unpaired) electrons. The van der Waals surface area contributed by atoms with Crippen molar-refractivity contribution in [3.8, 4) is 5.75 Å². The Morgan fingerprint density at radius 2 is 2.24 bits per heavy atom. The van der Waals surface area contributed by atoms with Gasteiger partial charge in [0.05, 0.1) is 13.7 Å². The van der Waals surface area contributed by atoms with Crippen LogP contribution in [0.4, 0.5) is 10.1 Å². The summed E-state index contributed by atoms with van der Waals surface area (Å²) in [4.78, 5) is 10.6. The van der Waals surface area contributed by atoms with Crippen molar-refractivity contribution < 1.29 is 24.1 Å². The molecule has 0 spiro atoms. The van der Waals surface area contributed by atoms with Crippen LogP contribution in [-0.4, -0.2) is 35.4 Å². The maximum atomic E-state index is 13.1. The smallest absolute Gasteiger partial charge is 0.337 e. The Hall–Kier alpha value is -1.82. The molecule has 0 aliphatic carbocycles. The highest BCUT2D eigenvalue weighted by Gasteiger charge is 2.29. The van der Waals surface area contributed by atoms with Gasteiger partial charge < -0.3 is 20.3 Å². The number of benzene rings is 1. The minimum absolute atomic E-state index is 0.0463. The molecule has 0 aromatic heterocycles. The highest BCUT2D eigenvalue weighted by Crippen LogP contribution is 2.21. The van der Waals surface area contributed by atoms with Crippen molar-refractivity contribution in [1.29, 1.82) is 0 Å². The highest BCUT2D eigenvalue weighted by atomic mass is 19.1. The van der Waals surface area contributed by atoms with Crippen molar-refractivity contribution in [3.05, 3.63) is 24.0 Å². The Balaban J connectivity index is 2.73. The summed E-state index contributed by atoms with van der Waals surface area (Å²) < 4.78 is 17.8. The SMILES string of the molecule is COc1cc(NCC(C)(O)C(=O)O)ccc1F.